The minimum atomic E-state index is -0.101. The zero-order valence-corrected chi connectivity index (χ0v) is 26.5. The van der Waals surface area contributed by atoms with Crippen molar-refractivity contribution < 1.29 is 14.3 Å². The van der Waals surface area contributed by atoms with Gasteiger partial charge in [-0.2, -0.15) is 5.10 Å². The third-order valence-electron chi connectivity index (χ3n) is 9.16. The lowest BCUT2D eigenvalue weighted by atomic mass is 9.87. The van der Waals surface area contributed by atoms with Crippen molar-refractivity contribution in [1.82, 2.24) is 19.6 Å². The number of methoxy groups -OCH3 is 1. The molecule has 0 spiro atoms. The lowest BCUT2D eigenvalue weighted by Gasteiger charge is -2.33. The van der Waals surface area contributed by atoms with Gasteiger partial charge in [-0.15, -0.1) is 0 Å². The van der Waals surface area contributed by atoms with Crippen molar-refractivity contribution in [1.29, 1.82) is 0 Å². The minimum absolute atomic E-state index is 0.0789. The lowest BCUT2D eigenvalue weighted by Crippen LogP contribution is -2.42. The number of benzene rings is 2. The summed E-state index contributed by atoms with van der Waals surface area (Å²) in [5.41, 5.74) is 5.33. The fraction of sp³-hybridized carbons (Fsp3) is 0.514. The molecule has 2 aromatic carbocycles. The van der Waals surface area contributed by atoms with E-state index in [1.165, 1.54) is 6.42 Å². The van der Waals surface area contributed by atoms with Gasteiger partial charge in [-0.3, -0.25) is 19.2 Å². The predicted molar refractivity (Wildman–Crippen MR) is 171 cm³/mol. The monoisotopic (exact) mass is 585 g/mol. The third-order valence-corrected chi connectivity index (χ3v) is 9.16. The largest absolute Gasteiger partial charge is 0.497 e. The van der Waals surface area contributed by atoms with Crippen LogP contribution in [-0.4, -0.2) is 70.7 Å². The van der Waals surface area contributed by atoms with Gasteiger partial charge in [0.05, 0.1) is 18.5 Å². The Bertz CT molecular complexity index is 1410. The van der Waals surface area contributed by atoms with E-state index in [4.69, 9.17) is 4.74 Å². The molecular formula is C35H47N5O3. The van der Waals surface area contributed by atoms with E-state index in [0.29, 0.717) is 31.4 Å². The maximum atomic E-state index is 14.2. The molecule has 230 valence electrons. The van der Waals surface area contributed by atoms with Crippen molar-refractivity contribution in [3.63, 3.8) is 0 Å². The quantitative estimate of drug-likeness (QED) is 0.363. The van der Waals surface area contributed by atoms with Crippen LogP contribution in [0.2, 0.25) is 0 Å². The van der Waals surface area contributed by atoms with E-state index in [1.54, 1.807) is 11.8 Å². The van der Waals surface area contributed by atoms with Gasteiger partial charge in [0.2, 0.25) is 5.91 Å². The van der Waals surface area contributed by atoms with Crippen LogP contribution in [0.3, 0.4) is 0 Å². The number of aryl methyl sites for hydroxylation is 2. The number of para-hydroxylation sites is 1. The average Bonchev–Trinajstić information content (AvgIpc) is 3.39. The molecule has 0 unspecified atom stereocenters. The zero-order chi connectivity index (χ0) is 30.5. The van der Waals surface area contributed by atoms with E-state index in [2.05, 4.69) is 47.8 Å². The number of amides is 2. The molecule has 2 aliphatic rings. The zero-order valence-electron chi connectivity index (χ0n) is 26.5. The molecule has 43 heavy (non-hydrogen) atoms. The number of hydrogen-bond acceptors (Lipinski definition) is 5. The predicted octanol–water partition coefficient (Wildman–Crippen LogP) is 6.07. The number of carbonyl (C=O) groups is 2. The molecule has 1 aromatic heterocycles. The molecule has 0 atom stereocenters. The first-order valence-corrected chi connectivity index (χ1v) is 15.9. The molecule has 1 fully saturated rings. The number of aromatic nitrogens is 2. The smallest absolute Gasteiger partial charge is 0.274 e. The van der Waals surface area contributed by atoms with Gasteiger partial charge in [0.25, 0.3) is 5.91 Å². The van der Waals surface area contributed by atoms with E-state index >= 15 is 0 Å². The molecule has 3 aromatic rings. The number of fused-ring (bicyclic) bond motifs is 1. The molecule has 0 N–H and O–H groups in total. The van der Waals surface area contributed by atoms with Gasteiger partial charge in [0, 0.05) is 57.3 Å². The normalized spacial score (nSPS) is 17.4. The standard InChI is InChI=1S/C35H47N5O3/c1-25(2)38-19-10-20-40(34(41)28-12-7-6-8-13-28)33-26(3)11-9-14-29(33)24-39(22-21-38)35(42)31-23-32(37(4)36-31)27-15-17-30(43-5)18-16-27/h9,11,14-18,23,25,28H,6-8,10,12-13,19-22,24H2,1-5H3. The van der Waals surface area contributed by atoms with Gasteiger partial charge in [-0.1, -0.05) is 37.5 Å². The van der Waals surface area contributed by atoms with E-state index in [1.807, 2.05) is 48.3 Å². The molecule has 1 aliphatic heterocycles. The SMILES string of the molecule is COc1ccc(-c2cc(C(=O)N3CCN(C(C)C)CCCN(C(=O)C4CCCCC4)c4c(C)cccc4C3)nn2C)cc1. The molecule has 2 amide bonds. The van der Waals surface area contributed by atoms with Crippen molar-refractivity contribution in [2.75, 3.05) is 38.2 Å². The van der Waals surface area contributed by atoms with Gasteiger partial charge in [-0.25, -0.2) is 0 Å². The summed E-state index contributed by atoms with van der Waals surface area (Å²) in [4.78, 5) is 34.7. The molecular weight excluding hydrogens is 538 g/mol. The maximum absolute atomic E-state index is 14.2. The fourth-order valence-electron chi connectivity index (χ4n) is 6.67. The molecule has 5 rings (SSSR count). The number of rotatable bonds is 5. The summed E-state index contributed by atoms with van der Waals surface area (Å²) >= 11 is 0. The van der Waals surface area contributed by atoms with Crippen LogP contribution >= 0.6 is 0 Å². The third kappa shape index (κ3) is 6.96. The summed E-state index contributed by atoms with van der Waals surface area (Å²) in [5.74, 6) is 1.01. The molecule has 0 radical (unpaired) electrons. The lowest BCUT2D eigenvalue weighted by molar-refractivity contribution is -0.123. The second kappa shape index (κ2) is 13.8. The van der Waals surface area contributed by atoms with E-state index < -0.39 is 0 Å². The van der Waals surface area contributed by atoms with Crippen LogP contribution in [-0.2, 0) is 18.4 Å². The summed E-state index contributed by atoms with van der Waals surface area (Å²) in [6.45, 7) is 9.83. The Kier molecular flexibility index (Phi) is 9.86. The molecule has 0 saturated heterocycles. The maximum Gasteiger partial charge on any atom is 0.274 e. The first-order chi connectivity index (χ1) is 20.8. The Morgan fingerprint density at radius 3 is 2.37 bits per heavy atom. The summed E-state index contributed by atoms with van der Waals surface area (Å²) < 4.78 is 7.08. The van der Waals surface area contributed by atoms with Crippen molar-refractivity contribution in [2.45, 2.75) is 71.9 Å². The van der Waals surface area contributed by atoms with E-state index in [-0.39, 0.29) is 17.7 Å². The highest BCUT2D eigenvalue weighted by Crippen LogP contribution is 2.33. The second-order valence-corrected chi connectivity index (χ2v) is 12.4. The highest BCUT2D eigenvalue weighted by molar-refractivity contribution is 5.97. The summed E-state index contributed by atoms with van der Waals surface area (Å²) in [6.07, 6.45) is 6.29. The highest BCUT2D eigenvalue weighted by Gasteiger charge is 2.31. The van der Waals surface area contributed by atoms with Gasteiger partial charge in [0.1, 0.15) is 5.75 Å². The van der Waals surface area contributed by atoms with Crippen LogP contribution in [0.4, 0.5) is 5.69 Å². The second-order valence-electron chi connectivity index (χ2n) is 12.4. The molecule has 8 nitrogen and oxygen atoms in total. The van der Waals surface area contributed by atoms with Crippen molar-refractivity contribution >= 4 is 17.5 Å². The molecule has 0 bridgehead atoms. The number of nitrogens with zero attached hydrogens (tertiary/aromatic N) is 5. The Hall–Kier alpha value is -3.65. The topological polar surface area (TPSA) is 70.9 Å². The van der Waals surface area contributed by atoms with Crippen LogP contribution < -0.4 is 9.64 Å². The van der Waals surface area contributed by atoms with Crippen molar-refractivity contribution in [2.24, 2.45) is 13.0 Å². The Labute approximate surface area is 256 Å². The van der Waals surface area contributed by atoms with Crippen LogP contribution in [0.25, 0.3) is 11.3 Å². The molecule has 1 aliphatic carbocycles. The first-order valence-electron chi connectivity index (χ1n) is 15.9. The molecule has 2 heterocycles. The summed E-state index contributed by atoms with van der Waals surface area (Å²) in [6, 6.07) is 16.2. The van der Waals surface area contributed by atoms with Gasteiger partial charge in [0.15, 0.2) is 5.69 Å². The number of carbonyl (C=O) groups excluding carboxylic acids is 2. The molecule has 1 saturated carbocycles. The van der Waals surface area contributed by atoms with Gasteiger partial charge in [-0.05, 0) is 81.5 Å². The van der Waals surface area contributed by atoms with Crippen LogP contribution in [0.5, 0.6) is 5.75 Å². The molecule has 8 heteroatoms. The number of anilines is 1. The van der Waals surface area contributed by atoms with Crippen LogP contribution in [0.1, 0.15) is 74.0 Å². The first kappa shape index (κ1) is 30.8. The van der Waals surface area contributed by atoms with E-state index in [9.17, 15) is 9.59 Å². The Balaban J connectivity index is 1.50. The Morgan fingerprint density at radius 1 is 0.930 bits per heavy atom. The number of hydrogen-bond donors (Lipinski definition) is 0. The summed E-state index contributed by atoms with van der Waals surface area (Å²) in [5, 5.41) is 4.67. The Morgan fingerprint density at radius 2 is 1.67 bits per heavy atom. The van der Waals surface area contributed by atoms with Gasteiger partial charge >= 0.3 is 0 Å². The van der Waals surface area contributed by atoms with E-state index in [0.717, 1.165) is 79.0 Å². The fourth-order valence-corrected chi connectivity index (χ4v) is 6.67. The van der Waals surface area contributed by atoms with Gasteiger partial charge < -0.3 is 14.5 Å². The highest BCUT2D eigenvalue weighted by atomic mass is 16.5. The summed E-state index contributed by atoms with van der Waals surface area (Å²) in [7, 11) is 3.52. The minimum Gasteiger partial charge on any atom is -0.497 e. The van der Waals surface area contributed by atoms with Crippen LogP contribution in [0, 0.1) is 12.8 Å². The number of ether oxygens (including phenoxy) is 1. The van der Waals surface area contributed by atoms with Crippen LogP contribution in [0.15, 0.2) is 48.5 Å². The van der Waals surface area contributed by atoms with Crippen molar-refractivity contribution in [3.8, 4) is 17.0 Å². The van der Waals surface area contributed by atoms with Crippen molar-refractivity contribution in [3.05, 3.63) is 65.4 Å². The average molecular weight is 586 g/mol.